The molecule has 0 aliphatic heterocycles. The van der Waals surface area contributed by atoms with E-state index in [0.29, 0.717) is 18.1 Å². The molecule has 0 fully saturated rings. The second kappa shape index (κ2) is 5.96. The maximum atomic E-state index is 9.26. The molecule has 0 amide bonds. The van der Waals surface area contributed by atoms with Crippen molar-refractivity contribution in [2.24, 2.45) is 5.16 Å². The SMILES string of the molecule is CC(COc1ccc(O)c(Cl)c1)=NOC(C)(C)C. The molecule has 100 valence electrons. The van der Waals surface area contributed by atoms with Gasteiger partial charge in [0.25, 0.3) is 0 Å². The van der Waals surface area contributed by atoms with Crippen LogP contribution in [-0.2, 0) is 4.84 Å². The fraction of sp³-hybridized carbons (Fsp3) is 0.462. The highest BCUT2D eigenvalue weighted by molar-refractivity contribution is 6.32. The van der Waals surface area contributed by atoms with Crippen LogP contribution in [0.5, 0.6) is 11.5 Å². The molecule has 1 aromatic carbocycles. The number of rotatable bonds is 4. The summed E-state index contributed by atoms with van der Waals surface area (Å²) in [4.78, 5) is 5.26. The zero-order chi connectivity index (χ0) is 13.8. The van der Waals surface area contributed by atoms with Gasteiger partial charge in [0.1, 0.15) is 23.7 Å². The van der Waals surface area contributed by atoms with E-state index < -0.39 is 0 Å². The molecule has 0 atom stereocenters. The van der Waals surface area contributed by atoms with E-state index in [2.05, 4.69) is 5.16 Å². The Labute approximate surface area is 112 Å². The van der Waals surface area contributed by atoms with Crippen LogP contribution in [0, 0.1) is 0 Å². The summed E-state index contributed by atoms with van der Waals surface area (Å²) in [6, 6.07) is 4.67. The van der Waals surface area contributed by atoms with Crippen LogP contribution >= 0.6 is 11.6 Å². The second-order valence-corrected chi connectivity index (χ2v) is 5.34. The fourth-order valence-electron chi connectivity index (χ4n) is 1.01. The Bertz CT molecular complexity index is 438. The molecule has 0 bridgehead atoms. The molecule has 5 heteroatoms. The Morgan fingerprint density at radius 1 is 1.39 bits per heavy atom. The van der Waals surface area contributed by atoms with Gasteiger partial charge in [0, 0.05) is 6.07 Å². The molecule has 1 N–H and O–H groups in total. The number of oxime groups is 1. The summed E-state index contributed by atoms with van der Waals surface area (Å²) >= 11 is 5.77. The quantitative estimate of drug-likeness (QED) is 0.672. The Hall–Kier alpha value is -1.42. The van der Waals surface area contributed by atoms with Gasteiger partial charge in [-0.2, -0.15) is 0 Å². The highest BCUT2D eigenvalue weighted by atomic mass is 35.5. The molecule has 1 aromatic rings. The van der Waals surface area contributed by atoms with E-state index in [1.54, 1.807) is 12.1 Å². The lowest BCUT2D eigenvalue weighted by Crippen LogP contribution is -2.18. The lowest BCUT2D eigenvalue weighted by atomic mass is 10.2. The molecule has 0 aliphatic rings. The van der Waals surface area contributed by atoms with Crippen molar-refractivity contribution in [1.82, 2.24) is 0 Å². The molecule has 1 rings (SSSR count). The minimum Gasteiger partial charge on any atom is -0.506 e. The first-order chi connectivity index (χ1) is 8.28. The predicted octanol–water partition coefficient (Wildman–Crippen LogP) is 3.62. The third kappa shape index (κ3) is 5.27. The van der Waals surface area contributed by atoms with Crippen LogP contribution in [0.25, 0.3) is 0 Å². The van der Waals surface area contributed by atoms with Gasteiger partial charge in [0.2, 0.25) is 0 Å². The maximum absolute atomic E-state index is 9.26. The van der Waals surface area contributed by atoms with Crippen LogP contribution in [0.4, 0.5) is 0 Å². The summed E-state index contributed by atoms with van der Waals surface area (Å²) in [6.07, 6.45) is 0. The van der Waals surface area contributed by atoms with E-state index in [-0.39, 0.29) is 16.4 Å². The van der Waals surface area contributed by atoms with Crippen molar-refractivity contribution in [3.63, 3.8) is 0 Å². The number of aromatic hydroxyl groups is 1. The number of phenols is 1. The molecule has 0 saturated carbocycles. The molecule has 0 heterocycles. The van der Waals surface area contributed by atoms with Gasteiger partial charge in [0.15, 0.2) is 0 Å². The van der Waals surface area contributed by atoms with Gasteiger partial charge < -0.3 is 14.7 Å². The molecule has 0 unspecified atom stereocenters. The number of halogens is 1. The van der Waals surface area contributed by atoms with E-state index >= 15 is 0 Å². The molecule has 0 aliphatic carbocycles. The van der Waals surface area contributed by atoms with Crippen LogP contribution in [0.3, 0.4) is 0 Å². The molecular formula is C13H18ClNO3. The summed E-state index contributed by atoms with van der Waals surface area (Å²) in [6.45, 7) is 7.88. The maximum Gasteiger partial charge on any atom is 0.134 e. The number of hydrogen-bond acceptors (Lipinski definition) is 4. The van der Waals surface area contributed by atoms with Gasteiger partial charge in [-0.1, -0.05) is 16.8 Å². The van der Waals surface area contributed by atoms with Crippen molar-refractivity contribution in [2.75, 3.05) is 6.61 Å². The highest BCUT2D eigenvalue weighted by Crippen LogP contribution is 2.27. The molecule has 0 radical (unpaired) electrons. The second-order valence-electron chi connectivity index (χ2n) is 4.93. The van der Waals surface area contributed by atoms with E-state index in [0.717, 1.165) is 0 Å². The summed E-state index contributed by atoms with van der Waals surface area (Å²) in [5.41, 5.74) is 0.400. The Morgan fingerprint density at radius 2 is 2.06 bits per heavy atom. The Kier molecular flexibility index (Phi) is 4.84. The predicted molar refractivity (Wildman–Crippen MR) is 72.6 cm³/mol. The summed E-state index contributed by atoms with van der Waals surface area (Å²) in [7, 11) is 0. The summed E-state index contributed by atoms with van der Waals surface area (Å²) < 4.78 is 5.46. The molecule has 0 aromatic heterocycles. The van der Waals surface area contributed by atoms with E-state index in [9.17, 15) is 5.11 Å². The topological polar surface area (TPSA) is 51.0 Å². The fourth-order valence-corrected chi connectivity index (χ4v) is 1.18. The monoisotopic (exact) mass is 271 g/mol. The molecule has 0 saturated heterocycles. The van der Waals surface area contributed by atoms with E-state index in [4.69, 9.17) is 21.2 Å². The highest BCUT2D eigenvalue weighted by Gasteiger charge is 2.10. The third-order valence-corrected chi connectivity index (χ3v) is 2.14. The molecule has 18 heavy (non-hydrogen) atoms. The number of nitrogens with zero attached hydrogens (tertiary/aromatic N) is 1. The van der Waals surface area contributed by atoms with Crippen molar-refractivity contribution in [3.8, 4) is 11.5 Å². The first-order valence-electron chi connectivity index (χ1n) is 5.61. The van der Waals surface area contributed by atoms with Crippen molar-refractivity contribution in [2.45, 2.75) is 33.3 Å². The minimum atomic E-state index is -0.316. The van der Waals surface area contributed by atoms with E-state index in [1.165, 1.54) is 6.07 Å². The Morgan fingerprint density at radius 3 is 2.61 bits per heavy atom. The van der Waals surface area contributed by atoms with E-state index in [1.807, 2.05) is 27.7 Å². The summed E-state index contributed by atoms with van der Waals surface area (Å²) in [5.74, 6) is 0.605. The average Bonchev–Trinajstić information content (AvgIpc) is 2.27. The van der Waals surface area contributed by atoms with Gasteiger partial charge in [0.05, 0.1) is 10.7 Å². The number of phenolic OH excluding ortho intramolecular Hbond substituents is 1. The minimum absolute atomic E-state index is 0.0328. The van der Waals surface area contributed by atoms with Gasteiger partial charge in [-0.3, -0.25) is 0 Å². The zero-order valence-corrected chi connectivity index (χ0v) is 11.8. The normalized spacial score (nSPS) is 12.4. The van der Waals surface area contributed by atoms with Gasteiger partial charge in [-0.25, -0.2) is 0 Å². The van der Waals surface area contributed by atoms with Crippen molar-refractivity contribution in [3.05, 3.63) is 23.2 Å². The largest absolute Gasteiger partial charge is 0.506 e. The molecule has 0 spiro atoms. The third-order valence-electron chi connectivity index (χ3n) is 1.84. The molecular weight excluding hydrogens is 254 g/mol. The van der Waals surface area contributed by atoms with Crippen LogP contribution < -0.4 is 4.74 Å². The smallest absolute Gasteiger partial charge is 0.134 e. The van der Waals surface area contributed by atoms with Crippen LogP contribution in [0.2, 0.25) is 5.02 Å². The lowest BCUT2D eigenvalue weighted by Gasteiger charge is -2.16. The first kappa shape index (κ1) is 14.6. The van der Waals surface area contributed by atoms with Crippen molar-refractivity contribution in [1.29, 1.82) is 0 Å². The lowest BCUT2D eigenvalue weighted by molar-refractivity contribution is 0.0000986. The van der Waals surface area contributed by atoms with Crippen LogP contribution in [0.15, 0.2) is 23.4 Å². The number of hydrogen-bond donors (Lipinski definition) is 1. The Balaban J connectivity index is 2.52. The number of benzene rings is 1. The standard InChI is InChI=1S/C13H18ClNO3/c1-9(15-18-13(2,3)4)8-17-10-5-6-12(16)11(14)7-10/h5-7,16H,8H2,1-4H3. The summed E-state index contributed by atoms with van der Waals surface area (Å²) in [5, 5.41) is 13.5. The van der Waals surface area contributed by atoms with Gasteiger partial charge >= 0.3 is 0 Å². The average molecular weight is 272 g/mol. The van der Waals surface area contributed by atoms with Crippen LogP contribution in [-0.4, -0.2) is 23.0 Å². The molecule has 4 nitrogen and oxygen atoms in total. The number of ether oxygens (including phenoxy) is 1. The van der Waals surface area contributed by atoms with Crippen LogP contribution in [0.1, 0.15) is 27.7 Å². The van der Waals surface area contributed by atoms with Gasteiger partial charge in [-0.05, 0) is 39.8 Å². The first-order valence-corrected chi connectivity index (χ1v) is 5.99. The van der Waals surface area contributed by atoms with Crippen molar-refractivity contribution < 1.29 is 14.7 Å². The van der Waals surface area contributed by atoms with Crippen molar-refractivity contribution >= 4 is 17.3 Å². The zero-order valence-electron chi connectivity index (χ0n) is 11.0. The van der Waals surface area contributed by atoms with Gasteiger partial charge in [-0.15, -0.1) is 0 Å².